The number of carbonyl (C=O) groups excluding carboxylic acids is 1. The maximum atomic E-state index is 13.3. The molecule has 0 saturated carbocycles. The van der Waals surface area contributed by atoms with Crippen LogP contribution >= 0.6 is 24.0 Å². The molecule has 0 radical (unpaired) electrons. The molecule has 1 aromatic rings. The predicted molar refractivity (Wildman–Crippen MR) is 128 cm³/mol. The van der Waals surface area contributed by atoms with Gasteiger partial charge in [0.15, 0.2) is 5.96 Å². The molecule has 2 heterocycles. The van der Waals surface area contributed by atoms with Gasteiger partial charge in [0.05, 0.1) is 19.1 Å². The van der Waals surface area contributed by atoms with Gasteiger partial charge in [-0.3, -0.25) is 9.79 Å². The number of hydrogen-bond acceptors (Lipinski definition) is 3. The van der Waals surface area contributed by atoms with E-state index in [1.807, 2.05) is 42.3 Å². The number of nitrogens with zero attached hydrogens (tertiary/aromatic N) is 3. The third-order valence-corrected chi connectivity index (χ3v) is 5.67. The van der Waals surface area contributed by atoms with E-state index in [-0.39, 0.29) is 35.8 Å². The van der Waals surface area contributed by atoms with Gasteiger partial charge >= 0.3 is 0 Å². The normalized spacial score (nSPS) is 23.9. The third kappa shape index (κ3) is 6.57. The van der Waals surface area contributed by atoms with E-state index in [0.717, 1.165) is 24.6 Å². The first-order chi connectivity index (χ1) is 13.6. The molecule has 0 aromatic heterocycles. The zero-order valence-corrected chi connectivity index (χ0v) is 20.2. The van der Waals surface area contributed by atoms with Gasteiger partial charge in [0.1, 0.15) is 0 Å². The Morgan fingerprint density at radius 1 is 1.14 bits per heavy atom. The van der Waals surface area contributed by atoms with Gasteiger partial charge < -0.3 is 19.9 Å². The van der Waals surface area contributed by atoms with Crippen LogP contribution in [0, 0.1) is 11.8 Å². The van der Waals surface area contributed by atoms with Crippen LogP contribution in [0.1, 0.15) is 31.7 Å². The van der Waals surface area contributed by atoms with Crippen LogP contribution in [0.5, 0.6) is 0 Å². The summed E-state index contributed by atoms with van der Waals surface area (Å²) < 4.78 is 5.42. The van der Waals surface area contributed by atoms with Crippen LogP contribution in [-0.2, 0) is 9.53 Å². The fourth-order valence-electron chi connectivity index (χ4n) is 4.40. The van der Waals surface area contributed by atoms with E-state index < -0.39 is 0 Å². The Balaban J connectivity index is 0.00000300. The highest BCUT2D eigenvalue weighted by Crippen LogP contribution is 2.22. The van der Waals surface area contributed by atoms with Crippen molar-refractivity contribution in [2.75, 3.05) is 53.0 Å². The Hall–Kier alpha value is -1.35. The van der Waals surface area contributed by atoms with Crippen LogP contribution in [0.3, 0.4) is 0 Å². The SMILES string of the molecule is CN=C(NCC(C(=O)N1CCOCC1)c1ccccc1)N1CC(C)CC(C)C1.I. The summed E-state index contributed by atoms with van der Waals surface area (Å²) in [7, 11) is 1.83. The molecule has 2 fully saturated rings. The lowest BCUT2D eigenvalue weighted by molar-refractivity contribution is -0.136. The predicted octanol–water partition coefficient (Wildman–Crippen LogP) is 2.80. The van der Waals surface area contributed by atoms with Gasteiger partial charge in [-0.2, -0.15) is 0 Å². The van der Waals surface area contributed by atoms with E-state index in [1.54, 1.807) is 0 Å². The van der Waals surface area contributed by atoms with E-state index >= 15 is 0 Å². The van der Waals surface area contributed by atoms with E-state index in [9.17, 15) is 4.79 Å². The fraction of sp³-hybridized carbons (Fsp3) is 0.636. The van der Waals surface area contributed by atoms with Crippen molar-refractivity contribution < 1.29 is 9.53 Å². The van der Waals surface area contributed by atoms with Crippen molar-refractivity contribution in [1.29, 1.82) is 0 Å². The molecular formula is C22H35IN4O2. The van der Waals surface area contributed by atoms with Gasteiger partial charge in [0.2, 0.25) is 5.91 Å². The molecule has 1 N–H and O–H groups in total. The Kier molecular flexibility index (Phi) is 9.68. The van der Waals surface area contributed by atoms with E-state index in [4.69, 9.17) is 4.74 Å². The van der Waals surface area contributed by atoms with Gasteiger partial charge in [-0.1, -0.05) is 44.2 Å². The average Bonchev–Trinajstić information content (AvgIpc) is 2.71. The summed E-state index contributed by atoms with van der Waals surface area (Å²) >= 11 is 0. The smallest absolute Gasteiger partial charge is 0.232 e. The number of benzene rings is 1. The number of likely N-dealkylation sites (tertiary alicyclic amines) is 1. The maximum absolute atomic E-state index is 13.3. The molecule has 162 valence electrons. The molecule has 1 aromatic carbocycles. The minimum absolute atomic E-state index is 0. The van der Waals surface area contributed by atoms with Gasteiger partial charge in [0.25, 0.3) is 0 Å². The lowest BCUT2D eigenvalue weighted by Gasteiger charge is -2.37. The third-order valence-electron chi connectivity index (χ3n) is 5.67. The molecule has 0 spiro atoms. The highest BCUT2D eigenvalue weighted by molar-refractivity contribution is 14.0. The van der Waals surface area contributed by atoms with Crippen molar-refractivity contribution in [3.05, 3.63) is 35.9 Å². The molecule has 7 heteroatoms. The van der Waals surface area contributed by atoms with Gasteiger partial charge in [-0.25, -0.2) is 0 Å². The van der Waals surface area contributed by atoms with Gasteiger partial charge in [-0.15, -0.1) is 24.0 Å². The molecule has 3 unspecified atom stereocenters. The second-order valence-electron chi connectivity index (χ2n) is 8.18. The van der Waals surface area contributed by atoms with Crippen LogP contribution < -0.4 is 5.32 Å². The average molecular weight is 514 g/mol. The number of piperidine rings is 1. The maximum Gasteiger partial charge on any atom is 0.232 e. The quantitative estimate of drug-likeness (QED) is 0.382. The topological polar surface area (TPSA) is 57.2 Å². The molecule has 3 atom stereocenters. The number of rotatable bonds is 4. The van der Waals surface area contributed by atoms with E-state index in [0.29, 0.717) is 44.7 Å². The number of halogens is 1. The van der Waals surface area contributed by atoms with Crippen LogP contribution in [0.2, 0.25) is 0 Å². The van der Waals surface area contributed by atoms with Crippen LogP contribution in [0.4, 0.5) is 0 Å². The largest absolute Gasteiger partial charge is 0.378 e. The Morgan fingerprint density at radius 3 is 2.34 bits per heavy atom. The van der Waals surface area contributed by atoms with Crippen LogP contribution in [0.15, 0.2) is 35.3 Å². The second kappa shape index (κ2) is 11.7. The van der Waals surface area contributed by atoms with Crippen molar-refractivity contribution in [3.8, 4) is 0 Å². The molecule has 2 aliphatic heterocycles. The first kappa shape index (κ1) is 23.9. The number of nitrogens with one attached hydrogen (secondary N) is 1. The molecule has 2 saturated heterocycles. The monoisotopic (exact) mass is 514 g/mol. The summed E-state index contributed by atoms with van der Waals surface area (Å²) in [5, 5.41) is 3.50. The Morgan fingerprint density at radius 2 is 1.76 bits per heavy atom. The van der Waals surface area contributed by atoms with E-state index in [1.165, 1.54) is 6.42 Å². The summed E-state index contributed by atoms with van der Waals surface area (Å²) in [6, 6.07) is 10.1. The van der Waals surface area contributed by atoms with Crippen molar-refractivity contribution in [2.24, 2.45) is 16.8 Å². The number of ether oxygens (including phenoxy) is 1. The summed E-state index contributed by atoms with van der Waals surface area (Å²) in [6.45, 7) is 9.73. The molecule has 29 heavy (non-hydrogen) atoms. The fourth-order valence-corrected chi connectivity index (χ4v) is 4.40. The van der Waals surface area contributed by atoms with Crippen molar-refractivity contribution in [2.45, 2.75) is 26.2 Å². The first-order valence-electron chi connectivity index (χ1n) is 10.5. The molecular weight excluding hydrogens is 479 g/mol. The molecule has 6 nitrogen and oxygen atoms in total. The molecule has 0 aliphatic carbocycles. The van der Waals surface area contributed by atoms with Gasteiger partial charge in [0, 0.05) is 39.8 Å². The van der Waals surface area contributed by atoms with Crippen molar-refractivity contribution in [1.82, 2.24) is 15.1 Å². The number of aliphatic imine (C=N–C) groups is 1. The highest BCUT2D eigenvalue weighted by Gasteiger charge is 2.29. The summed E-state index contributed by atoms with van der Waals surface area (Å²) in [6.07, 6.45) is 1.26. The standard InChI is InChI=1S/C22H34N4O2.HI/c1-17-13-18(2)16-26(15-17)22(23-3)24-14-20(19-7-5-4-6-8-19)21(27)25-9-11-28-12-10-25;/h4-8,17-18,20H,9-16H2,1-3H3,(H,23,24);1H. The second-order valence-corrected chi connectivity index (χ2v) is 8.18. The molecule has 1 amide bonds. The van der Waals surface area contributed by atoms with Crippen LogP contribution in [0.25, 0.3) is 0 Å². The molecule has 2 aliphatic rings. The number of hydrogen-bond donors (Lipinski definition) is 1. The number of morpholine rings is 1. The number of carbonyl (C=O) groups is 1. The molecule has 0 bridgehead atoms. The van der Waals surface area contributed by atoms with Crippen LogP contribution in [-0.4, -0.2) is 74.7 Å². The van der Waals surface area contributed by atoms with Crippen molar-refractivity contribution in [3.63, 3.8) is 0 Å². The lowest BCUT2D eigenvalue weighted by atomic mass is 9.92. The zero-order chi connectivity index (χ0) is 19.9. The zero-order valence-electron chi connectivity index (χ0n) is 17.8. The summed E-state index contributed by atoms with van der Waals surface area (Å²) in [5.41, 5.74) is 1.04. The van der Waals surface area contributed by atoms with Crippen molar-refractivity contribution >= 4 is 35.8 Å². The minimum atomic E-state index is -0.226. The highest BCUT2D eigenvalue weighted by atomic mass is 127. The number of guanidine groups is 1. The minimum Gasteiger partial charge on any atom is -0.378 e. The summed E-state index contributed by atoms with van der Waals surface area (Å²) in [4.78, 5) is 22.0. The van der Waals surface area contributed by atoms with Gasteiger partial charge in [-0.05, 0) is 23.8 Å². The Labute approximate surface area is 192 Å². The number of amides is 1. The van der Waals surface area contributed by atoms with E-state index in [2.05, 4.69) is 29.1 Å². The summed E-state index contributed by atoms with van der Waals surface area (Å²) in [5.74, 6) is 2.15. The lowest BCUT2D eigenvalue weighted by Crippen LogP contribution is -2.51. The first-order valence-corrected chi connectivity index (χ1v) is 10.5. The Bertz CT molecular complexity index is 654. The molecule has 3 rings (SSSR count).